The van der Waals surface area contributed by atoms with Crippen molar-refractivity contribution in [3.63, 3.8) is 0 Å². The smallest absolute Gasteiger partial charge is 0.443 e. The Balaban J connectivity index is 6.24. The molecule has 0 aliphatic heterocycles. The van der Waals surface area contributed by atoms with Crippen LogP contribution in [-0.4, -0.2) is 155 Å². The zero-order chi connectivity index (χ0) is 52.1. The fraction of sp³-hybridized carbons (Fsp3) is 0.938. The van der Waals surface area contributed by atoms with Crippen LogP contribution in [0.15, 0.2) is 0 Å². The molecule has 0 saturated carbocycles. The molecule has 0 spiro atoms. The number of halogens is 20. The van der Waals surface area contributed by atoms with E-state index in [9.17, 15) is 97.4 Å². The topological polar surface area (TPSA) is 132 Å². The number of hydrogen-bond acceptors (Lipinski definition) is 10. The normalized spacial score (nSPS) is 14.6. The van der Waals surface area contributed by atoms with E-state index in [-0.39, 0.29) is 64.6 Å². The summed E-state index contributed by atoms with van der Waals surface area (Å²) in [6.07, 6.45) is -4.99. The lowest BCUT2D eigenvalue weighted by atomic mass is 9.85. The molecule has 0 aromatic heterocycles. The monoisotopic (exact) mass is 1060 g/mol. The van der Waals surface area contributed by atoms with E-state index < -0.39 is 115 Å². The predicted octanol–water partition coefficient (Wildman–Crippen LogP) is 9.67. The molecule has 0 aliphatic rings. The maximum absolute atomic E-state index is 14.4. The molecule has 66 heavy (non-hydrogen) atoms. The van der Waals surface area contributed by atoms with Crippen LogP contribution in [0.2, 0.25) is 12.1 Å². The van der Waals surface area contributed by atoms with Crippen LogP contribution < -0.4 is 10.6 Å². The van der Waals surface area contributed by atoms with Crippen LogP contribution in [0.3, 0.4) is 0 Å². The summed E-state index contributed by atoms with van der Waals surface area (Å²) in [6, 6.07) is -0.278. The molecule has 2 amide bonds. The number of hydrogen-bond donors (Lipinski definition) is 2. The molecule has 0 heterocycles. The first-order valence-corrected chi connectivity index (χ1v) is 23.1. The predicted molar refractivity (Wildman–Crippen MR) is 188 cm³/mol. The highest BCUT2D eigenvalue weighted by Crippen LogP contribution is 2.66. The quantitative estimate of drug-likeness (QED) is 0.0372. The van der Waals surface area contributed by atoms with Crippen LogP contribution in [0.1, 0.15) is 54.4 Å². The second kappa shape index (κ2) is 23.8. The fourth-order valence-electron chi connectivity index (χ4n) is 5.23. The number of alkyl carbamates (subject to hydrolysis) is 2. The van der Waals surface area contributed by atoms with E-state index >= 15 is 0 Å². The average Bonchev–Trinajstić information content (AvgIpc) is 3.19. The Morgan fingerprint density at radius 1 is 0.364 bits per heavy atom. The third kappa shape index (κ3) is 13.1. The minimum Gasteiger partial charge on any atom is -0.443 e. The van der Waals surface area contributed by atoms with Gasteiger partial charge in [-0.1, -0.05) is 0 Å². The van der Waals surface area contributed by atoms with Crippen LogP contribution in [-0.2, 0) is 36.0 Å². The Kier molecular flexibility index (Phi) is 22.8. The molecule has 0 atom stereocenters. The van der Waals surface area contributed by atoms with Crippen molar-refractivity contribution < 1.29 is 133 Å². The van der Waals surface area contributed by atoms with Gasteiger partial charge in [0.2, 0.25) is 0 Å². The molecule has 2 N–H and O–H groups in total. The van der Waals surface area contributed by atoms with E-state index in [0.29, 0.717) is 0 Å². The highest BCUT2D eigenvalue weighted by Gasteiger charge is 2.97. The Hall–Kier alpha value is -2.67. The second-order valence-electron chi connectivity index (χ2n) is 13.2. The number of nitrogens with one attached hydrogen (secondary N) is 2. The van der Waals surface area contributed by atoms with Gasteiger partial charge in [-0.2, -0.15) is 87.8 Å². The van der Waals surface area contributed by atoms with Crippen LogP contribution in [0, 0.1) is 0 Å². The van der Waals surface area contributed by atoms with Crippen LogP contribution in [0.4, 0.5) is 97.4 Å². The fourth-order valence-corrected chi connectivity index (χ4v) is 10.5. The van der Waals surface area contributed by atoms with Gasteiger partial charge in [-0.05, 0) is 54.4 Å². The molecule has 0 bridgehead atoms. The number of carbonyl (C=O) groups excluding carboxylic acids is 2. The lowest BCUT2D eigenvalue weighted by Gasteiger charge is -2.45. The van der Waals surface area contributed by atoms with Crippen molar-refractivity contribution >= 4 is 29.8 Å². The lowest BCUT2D eigenvalue weighted by molar-refractivity contribution is -0.469. The first kappa shape index (κ1) is 63.3. The number of ether oxygens (including phenoxy) is 2. The van der Waals surface area contributed by atoms with Gasteiger partial charge in [-0.25, -0.2) is 9.59 Å². The summed E-state index contributed by atoms with van der Waals surface area (Å²) in [5, 5.41) is 3.13. The molecular formula is C32H48F20N2O10Si2. The number of amides is 2. The highest BCUT2D eigenvalue weighted by atomic mass is 28.4. The van der Waals surface area contributed by atoms with Gasteiger partial charge < -0.3 is 46.7 Å². The van der Waals surface area contributed by atoms with Gasteiger partial charge in [0.25, 0.3) is 0 Å². The number of carbonyl (C=O) groups is 2. The van der Waals surface area contributed by atoms with E-state index in [1.165, 1.54) is 41.5 Å². The van der Waals surface area contributed by atoms with Crippen molar-refractivity contribution in [3.05, 3.63) is 0 Å². The zero-order valence-corrected chi connectivity index (χ0v) is 37.5. The van der Waals surface area contributed by atoms with Gasteiger partial charge in [0.1, 0.15) is 0 Å². The second-order valence-corrected chi connectivity index (χ2v) is 18.6. The van der Waals surface area contributed by atoms with Gasteiger partial charge in [0, 0.05) is 64.8 Å². The largest absolute Gasteiger partial charge is 0.500 e. The van der Waals surface area contributed by atoms with Gasteiger partial charge in [-0.15, -0.1) is 0 Å². The van der Waals surface area contributed by atoms with Crippen molar-refractivity contribution in [1.82, 2.24) is 10.6 Å². The van der Waals surface area contributed by atoms with Crippen LogP contribution >= 0.6 is 0 Å². The van der Waals surface area contributed by atoms with Gasteiger partial charge >= 0.3 is 89.0 Å². The first-order chi connectivity index (χ1) is 29.8. The maximum atomic E-state index is 14.4. The van der Waals surface area contributed by atoms with Crippen LogP contribution in [0.5, 0.6) is 0 Å². The minimum atomic E-state index is -9.27. The average molecular weight is 1060 g/mol. The number of alkyl halides is 20. The van der Waals surface area contributed by atoms with Crippen molar-refractivity contribution in [3.8, 4) is 0 Å². The lowest BCUT2D eigenvalue weighted by Crippen LogP contribution is -2.77. The van der Waals surface area contributed by atoms with E-state index in [4.69, 9.17) is 26.6 Å². The molecule has 0 rings (SSSR count). The SMILES string of the molecule is CCO[Si](CCCNC(=O)OCC(F)(F)C(F)(F)C(F)(F)C(F)(F)C(F)(F)C(F)(F)C(F)(F)C(F)(F)C(F)(F)C(F)(F)COC(=O)NCCC[Si](OCC)(OCC)OCC)(OCC)OCC. The van der Waals surface area contributed by atoms with Crippen molar-refractivity contribution in [2.45, 2.75) is 126 Å². The van der Waals surface area contributed by atoms with Gasteiger partial charge in [0.15, 0.2) is 13.2 Å². The zero-order valence-electron chi connectivity index (χ0n) is 35.5. The molecule has 0 aromatic rings. The Morgan fingerprint density at radius 3 is 0.758 bits per heavy atom. The molecule has 0 radical (unpaired) electrons. The van der Waals surface area contributed by atoms with E-state index in [0.717, 1.165) is 0 Å². The summed E-state index contributed by atoms with van der Waals surface area (Å²) in [4.78, 5) is 23.5. The van der Waals surface area contributed by atoms with Gasteiger partial charge in [0.05, 0.1) is 0 Å². The minimum absolute atomic E-state index is 0.0341. The summed E-state index contributed by atoms with van der Waals surface area (Å²) in [5.74, 6) is -85.1. The summed E-state index contributed by atoms with van der Waals surface area (Å²) < 4.78 is 327. The van der Waals surface area contributed by atoms with Crippen molar-refractivity contribution in [2.75, 3.05) is 65.9 Å². The summed E-state index contributed by atoms with van der Waals surface area (Å²) >= 11 is 0. The summed E-state index contributed by atoms with van der Waals surface area (Å²) in [7, 11) is -6.87. The first-order valence-electron chi connectivity index (χ1n) is 19.2. The summed E-state index contributed by atoms with van der Waals surface area (Å²) in [5.41, 5.74) is 0. The molecular weight excluding hydrogens is 1010 g/mol. The Bertz CT molecular complexity index is 1380. The molecule has 34 heteroatoms. The summed E-state index contributed by atoms with van der Waals surface area (Å²) in [6.45, 7) is 0.964. The van der Waals surface area contributed by atoms with E-state index in [2.05, 4.69) is 9.47 Å². The third-order valence-corrected chi connectivity index (χ3v) is 14.8. The molecule has 394 valence electrons. The number of rotatable bonds is 33. The molecule has 0 aromatic carbocycles. The molecule has 0 aliphatic carbocycles. The van der Waals surface area contributed by atoms with Gasteiger partial charge in [-0.3, -0.25) is 0 Å². The third-order valence-electron chi connectivity index (χ3n) is 8.49. The molecule has 0 fully saturated rings. The van der Waals surface area contributed by atoms with E-state index in [1.807, 2.05) is 0 Å². The molecule has 0 unspecified atom stereocenters. The molecule has 0 saturated heterocycles. The van der Waals surface area contributed by atoms with Crippen LogP contribution in [0.25, 0.3) is 0 Å². The standard InChI is InChI=1S/C32H48F20N2O10Si2/c1-7-59-65(60-8-2,61-9-3)17-13-15-53-21(55)57-19-23(33,34)25(37,38)27(41,42)29(45,46)31(49,50)32(51,52)30(47,48)28(43,44)26(39,40)24(35,36)20-58-22(56)54-16-14-18-66(62-10-4,63-11-5)64-12-6/h7-20H2,1-6H3,(H,53,55)(H,54,56). The van der Waals surface area contributed by atoms with Crippen molar-refractivity contribution in [1.29, 1.82) is 0 Å². The van der Waals surface area contributed by atoms with E-state index in [1.54, 1.807) is 10.6 Å². The highest BCUT2D eigenvalue weighted by molar-refractivity contribution is 6.61. The Labute approximate surface area is 365 Å². The molecule has 12 nitrogen and oxygen atoms in total. The Morgan fingerprint density at radius 2 is 0.561 bits per heavy atom. The van der Waals surface area contributed by atoms with Crippen molar-refractivity contribution in [2.24, 2.45) is 0 Å². The maximum Gasteiger partial charge on any atom is 0.500 e.